The van der Waals surface area contributed by atoms with Crippen molar-refractivity contribution in [3.8, 4) is 11.1 Å². The van der Waals surface area contributed by atoms with Crippen molar-refractivity contribution in [1.82, 2.24) is 4.72 Å². The number of hydrogen-bond donors (Lipinski definition) is 3. The number of rotatable bonds is 11. The van der Waals surface area contributed by atoms with E-state index in [0.717, 1.165) is 41.3 Å². The molecule has 228 valence electrons. The lowest BCUT2D eigenvalue weighted by atomic mass is 9.88. The maximum Gasteiger partial charge on any atom is 0.322 e. The number of furan rings is 1. The van der Waals surface area contributed by atoms with Crippen LogP contribution in [0.3, 0.4) is 0 Å². The fraction of sp³-hybridized carbons (Fsp3) is 0.353. The van der Waals surface area contributed by atoms with Crippen LogP contribution in [0.2, 0.25) is 0 Å². The van der Waals surface area contributed by atoms with Crippen molar-refractivity contribution in [1.29, 1.82) is 0 Å². The number of benzene rings is 3. The number of amides is 1. The fourth-order valence-corrected chi connectivity index (χ4v) is 6.49. The van der Waals surface area contributed by atoms with E-state index in [4.69, 9.17) is 4.42 Å². The third-order valence-corrected chi connectivity index (χ3v) is 8.94. The molecule has 0 saturated heterocycles. The highest BCUT2D eigenvalue weighted by Gasteiger charge is 2.35. The molecule has 3 aromatic carbocycles. The van der Waals surface area contributed by atoms with Gasteiger partial charge in [-0.1, -0.05) is 77.4 Å². The number of aliphatic carboxylic acids is 1. The van der Waals surface area contributed by atoms with Gasteiger partial charge in [0.1, 0.15) is 11.6 Å². The number of fused-ring (bicyclic) bond motifs is 1. The third-order valence-electron chi connectivity index (χ3n) is 7.50. The maximum atomic E-state index is 13.2. The molecule has 0 radical (unpaired) electrons. The van der Waals surface area contributed by atoms with Crippen LogP contribution in [0.4, 0.5) is 5.69 Å². The van der Waals surface area contributed by atoms with Crippen molar-refractivity contribution in [3.63, 3.8) is 0 Å². The van der Waals surface area contributed by atoms with Gasteiger partial charge in [0.15, 0.2) is 5.76 Å². The van der Waals surface area contributed by atoms with Crippen LogP contribution in [0.25, 0.3) is 22.1 Å². The van der Waals surface area contributed by atoms with Crippen LogP contribution < -0.4 is 10.0 Å². The van der Waals surface area contributed by atoms with Crippen molar-refractivity contribution >= 4 is 38.6 Å². The smallest absolute Gasteiger partial charge is 0.322 e. The first-order valence-corrected chi connectivity index (χ1v) is 15.9. The molecule has 4 rings (SSSR count). The molecule has 8 nitrogen and oxygen atoms in total. The number of hydrogen-bond acceptors (Lipinski definition) is 5. The summed E-state index contributed by atoms with van der Waals surface area (Å²) in [7, 11) is -4.04. The summed E-state index contributed by atoms with van der Waals surface area (Å²) < 4.78 is 34.0. The molecule has 0 aliphatic rings. The minimum atomic E-state index is -4.04. The number of carboxylic acid groups (broad SMARTS) is 1. The standard InChI is InChI=1S/C34H40N2O6S/c1-21(2)9-7-10-25-11-8-12-28-29(25)22(3)30(42-28)32(37)35-26-17-13-23(14-18-26)24-15-19-27(20-16-24)43(40,41)36-31(33(38)39)34(4,5)6/h8,11-21,31,36H,7,9-10H2,1-6H3,(H,35,37)(H,38,39)/t31-/m1/s1. The van der Waals surface area contributed by atoms with Gasteiger partial charge in [-0.15, -0.1) is 0 Å². The predicted molar refractivity (Wildman–Crippen MR) is 170 cm³/mol. The van der Waals surface area contributed by atoms with Crippen molar-refractivity contribution in [2.24, 2.45) is 11.3 Å². The summed E-state index contributed by atoms with van der Waals surface area (Å²) in [6, 6.07) is 18.1. The number of carboxylic acids is 1. The molecule has 43 heavy (non-hydrogen) atoms. The molecular weight excluding hydrogens is 564 g/mol. The first-order valence-electron chi connectivity index (χ1n) is 14.5. The zero-order chi connectivity index (χ0) is 31.5. The van der Waals surface area contributed by atoms with E-state index in [9.17, 15) is 23.1 Å². The molecule has 1 atom stereocenters. The second-order valence-corrected chi connectivity index (χ2v) is 14.2. The molecule has 0 bridgehead atoms. The molecule has 1 amide bonds. The van der Waals surface area contributed by atoms with E-state index in [1.165, 1.54) is 17.7 Å². The summed E-state index contributed by atoms with van der Waals surface area (Å²) in [5.41, 5.74) is 4.09. The molecule has 1 aromatic heterocycles. The van der Waals surface area contributed by atoms with Crippen LogP contribution in [-0.4, -0.2) is 31.4 Å². The summed E-state index contributed by atoms with van der Waals surface area (Å²) in [6.07, 6.45) is 3.15. The van der Waals surface area contributed by atoms with E-state index < -0.39 is 27.4 Å². The summed E-state index contributed by atoms with van der Waals surface area (Å²) in [4.78, 5) is 24.8. The van der Waals surface area contributed by atoms with Crippen LogP contribution in [0.15, 0.2) is 76.0 Å². The van der Waals surface area contributed by atoms with Crippen molar-refractivity contribution in [2.45, 2.75) is 71.7 Å². The van der Waals surface area contributed by atoms with Crippen LogP contribution in [0, 0.1) is 18.3 Å². The van der Waals surface area contributed by atoms with Gasteiger partial charge in [-0.2, -0.15) is 4.72 Å². The first-order chi connectivity index (χ1) is 20.2. The zero-order valence-electron chi connectivity index (χ0n) is 25.5. The lowest BCUT2D eigenvalue weighted by Crippen LogP contribution is -2.48. The van der Waals surface area contributed by atoms with Crippen molar-refractivity contribution in [3.05, 3.63) is 83.6 Å². The van der Waals surface area contributed by atoms with E-state index in [2.05, 4.69) is 30.0 Å². The molecule has 9 heteroatoms. The van der Waals surface area contributed by atoms with Gasteiger partial charge in [0.25, 0.3) is 5.91 Å². The second-order valence-electron chi connectivity index (χ2n) is 12.4. The molecule has 3 N–H and O–H groups in total. The Bertz CT molecular complexity index is 1710. The van der Waals surface area contributed by atoms with Gasteiger partial charge in [0.2, 0.25) is 10.0 Å². The van der Waals surface area contributed by atoms with E-state index >= 15 is 0 Å². The molecule has 4 aromatic rings. The minimum absolute atomic E-state index is 0.0279. The van der Waals surface area contributed by atoms with Crippen LogP contribution in [0.5, 0.6) is 0 Å². The zero-order valence-corrected chi connectivity index (χ0v) is 26.3. The minimum Gasteiger partial charge on any atom is -0.480 e. The molecule has 0 aliphatic heterocycles. The summed E-state index contributed by atoms with van der Waals surface area (Å²) in [6.45, 7) is 11.3. The Kier molecular flexibility index (Phi) is 9.47. The maximum absolute atomic E-state index is 13.2. The highest BCUT2D eigenvalue weighted by Crippen LogP contribution is 2.31. The first kappa shape index (κ1) is 32.0. The third kappa shape index (κ3) is 7.53. The quantitative estimate of drug-likeness (QED) is 0.164. The van der Waals surface area contributed by atoms with Gasteiger partial charge in [-0.3, -0.25) is 9.59 Å². The van der Waals surface area contributed by atoms with Gasteiger partial charge in [0.05, 0.1) is 4.90 Å². The van der Waals surface area contributed by atoms with Crippen LogP contribution in [0.1, 0.15) is 69.1 Å². The fourth-order valence-electron chi connectivity index (χ4n) is 5.09. The predicted octanol–water partition coefficient (Wildman–Crippen LogP) is 7.42. The number of sulfonamides is 1. The van der Waals surface area contributed by atoms with Gasteiger partial charge < -0.3 is 14.8 Å². The van der Waals surface area contributed by atoms with Gasteiger partial charge in [-0.25, -0.2) is 8.42 Å². The van der Waals surface area contributed by atoms with Gasteiger partial charge >= 0.3 is 5.97 Å². The Labute approximate surface area is 253 Å². The summed E-state index contributed by atoms with van der Waals surface area (Å²) >= 11 is 0. The monoisotopic (exact) mass is 604 g/mol. The van der Waals surface area contributed by atoms with E-state index in [0.29, 0.717) is 17.2 Å². The normalized spacial score (nSPS) is 12.9. The molecule has 1 heterocycles. The highest BCUT2D eigenvalue weighted by molar-refractivity contribution is 7.89. The number of carbonyl (C=O) groups excluding carboxylic acids is 1. The molecule has 0 saturated carbocycles. The van der Waals surface area contributed by atoms with E-state index in [1.54, 1.807) is 45.0 Å². The largest absolute Gasteiger partial charge is 0.480 e. The summed E-state index contributed by atoms with van der Waals surface area (Å²) in [5.74, 6) is -0.636. The molecular formula is C34H40N2O6S. The van der Waals surface area contributed by atoms with E-state index in [1.807, 2.05) is 31.2 Å². The number of nitrogens with one attached hydrogen (secondary N) is 2. The number of anilines is 1. The highest BCUT2D eigenvalue weighted by atomic mass is 32.2. The topological polar surface area (TPSA) is 126 Å². The van der Waals surface area contributed by atoms with Crippen molar-refractivity contribution < 1.29 is 27.5 Å². The van der Waals surface area contributed by atoms with Gasteiger partial charge in [0, 0.05) is 16.6 Å². The van der Waals surface area contributed by atoms with Gasteiger partial charge in [-0.05, 0) is 78.1 Å². The van der Waals surface area contributed by atoms with Crippen LogP contribution >= 0.6 is 0 Å². The molecule has 0 unspecified atom stereocenters. The van der Waals surface area contributed by atoms with E-state index in [-0.39, 0.29) is 16.6 Å². The Hall–Kier alpha value is -3.95. The molecule has 0 spiro atoms. The Morgan fingerprint density at radius 1 is 0.930 bits per heavy atom. The van der Waals surface area contributed by atoms with Crippen LogP contribution in [-0.2, 0) is 21.2 Å². The Morgan fingerprint density at radius 2 is 1.53 bits per heavy atom. The lowest BCUT2D eigenvalue weighted by Gasteiger charge is -2.27. The number of carbonyl (C=O) groups is 2. The van der Waals surface area contributed by atoms with Crippen molar-refractivity contribution in [2.75, 3.05) is 5.32 Å². The average Bonchev–Trinajstić information content (AvgIpc) is 3.28. The SMILES string of the molecule is Cc1c(C(=O)Nc2ccc(-c3ccc(S(=O)(=O)N[C@H](C(=O)O)C(C)(C)C)cc3)cc2)oc2cccc(CCCC(C)C)c12. The number of aryl methyl sites for hydroxylation is 2. The molecule has 0 fully saturated rings. The second kappa shape index (κ2) is 12.7. The Morgan fingerprint density at radius 3 is 2.09 bits per heavy atom. The Balaban J connectivity index is 1.46. The lowest BCUT2D eigenvalue weighted by molar-refractivity contribution is -0.141. The average molecular weight is 605 g/mol. The summed E-state index contributed by atoms with van der Waals surface area (Å²) in [5, 5.41) is 13.4. The molecule has 0 aliphatic carbocycles.